The molecule has 2 rings (SSSR count). The Kier molecular flexibility index (Phi) is 5.81. The van der Waals surface area contributed by atoms with Crippen LogP contribution in [0, 0.1) is 15.4 Å². The molecule has 5 heteroatoms. The molecule has 1 saturated heterocycles. The highest BCUT2D eigenvalue weighted by atomic mass is 127. The minimum absolute atomic E-state index is 0.736. The van der Waals surface area contributed by atoms with E-state index in [1.165, 1.54) is 12.8 Å². The monoisotopic (exact) mass is 374 g/mol. The van der Waals surface area contributed by atoms with Gasteiger partial charge >= 0.3 is 0 Å². The maximum atomic E-state index is 4.40. The highest BCUT2D eigenvalue weighted by molar-refractivity contribution is 14.1. The smallest absolute Gasteiger partial charge is 0.225 e. The summed E-state index contributed by atoms with van der Waals surface area (Å²) in [6, 6.07) is 0. The van der Waals surface area contributed by atoms with E-state index < -0.39 is 0 Å². The second-order valence-electron chi connectivity index (χ2n) is 5.68. The van der Waals surface area contributed by atoms with Crippen LogP contribution in [-0.4, -0.2) is 36.1 Å². The fourth-order valence-corrected chi connectivity index (χ4v) is 2.66. The van der Waals surface area contributed by atoms with Crippen LogP contribution >= 0.6 is 22.6 Å². The van der Waals surface area contributed by atoms with Crippen molar-refractivity contribution in [1.82, 2.24) is 15.3 Å². The van der Waals surface area contributed by atoms with Crippen LogP contribution in [0.5, 0.6) is 0 Å². The number of nitrogens with one attached hydrogen (secondary N) is 1. The fraction of sp³-hybridized carbons (Fsp3) is 0.714. The molecule has 0 spiro atoms. The highest BCUT2D eigenvalue weighted by Crippen LogP contribution is 2.20. The van der Waals surface area contributed by atoms with Crippen LogP contribution in [0.1, 0.15) is 26.7 Å². The van der Waals surface area contributed by atoms with E-state index in [9.17, 15) is 0 Å². The molecule has 1 N–H and O–H groups in total. The quantitative estimate of drug-likeness (QED) is 0.805. The first-order valence-electron chi connectivity index (χ1n) is 7.08. The molecule has 0 atom stereocenters. The minimum atomic E-state index is 0.736. The zero-order valence-corrected chi connectivity index (χ0v) is 13.9. The molecule has 4 nitrogen and oxygen atoms in total. The summed E-state index contributed by atoms with van der Waals surface area (Å²) in [7, 11) is 0. The van der Waals surface area contributed by atoms with Gasteiger partial charge in [-0.1, -0.05) is 13.8 Å². The number of halogens is 1. The van der Waals surface area contributed by atoms with Gasteiger partial charge in [0.2, 0.25) is 5.95 Å². The largest absolute Gasteiger partial charge is 0.341 e. The highest BCUT2D eigenvalue weighted by Gasteiger charge is 2.20. The standard InChI is InChI=1S/C14H23IN4/c1-11(2)7-16-8-12-3-5-19(6-4-12)14-17-9-13(15)10-18-14/h9-12,16H,3-8H2,1-2H3. The maximum Gasteiger partial charge on any atom is 0.225 e. The lowest BCUT2D eigenvalue weighted by atomic mass is 9.97. The van der Waals surface area contributed by atoms with Crippen LogP contribution in [0.2, 0.25) is 0 Å². The summed E-state index contributed by atoms with van der Waals surface area (Å²) in [4.78, 5) is 11.1. The molecule has 0 aromatic carbocycles. The van der Waals surface area contributed by atoms with E-state index in [-0.39, 0.29) is 0 Å². The third kappa shape index (κ3) is 4.87. The van der Waals surface area contributed by atoms with E-state index in [0.29, 0.717) is 0 Å². The van der Waals surface area contributed by atoms with Crippen molar-refractivity contribution in [3.8, 4) is 0 Å². The molecule has 2 heterocycles. The average Bonchev–Trinajstić information content (AvgIpc) is 2.40. The predicted octanol–water partition coefficient (Wildman–Crippen LogP) is 2.54. The molecule has 0 saturated carbocycles. The third-order valence-electron chi connectivity index (χ3n) is 3.49. The van der Waals surface area contributed by atoms with Crippen LogP contribution in [0.15, 0.2) is 12.4 Å². The van der Waals surface area contributed by atoms with Gasteiger partial charge in [-0.05, 0) is 60.4 Å². The van der Waals surface area contributed by atoms with Gasteiger partial charge in [0.25, 0.3) is 0 Å². The first kappa shape index (κ1) is 15.0. The Morgan fingerprint density at radius 1 is 1.32 bits per heavy atom. The van der Waals surface area contributed by atoms with Crippen molar-refractivity contribution >= 4 is 28.5 Å². The topological polar surface area (TPSA) is 41.0 Å². The number of rotatable bonds is 5. The minimum Gasteiger partial charge on any atom is -0.341 e. The zero-order chi connectivity index (χ0) is 13.7. The van der Waals surface area contributed by atoms with E-state index in [1.807, 2.05) is 12.4 Å². The van der Waals surface area contributed by atoms with E-state index in [1.54, 1.807) is 0 Å². The maximum absolute atomic E-state index is 4.40. The lowest BCUT2D eigenvalue weighted by Crippen LogP contribution is -2.38. The molecule has 0 unspecified atom stereocenters. The van der Waals surface area contributed by atoms with E-state index in [0.717, 1.165) is 47.5 Å². The van der Waals surface area contributed by atoms with Crippen LogP contribution in [-0.2, 0) is 0 Å². The summed E-state index contributed by atoms with van der Waals surface area (Å²) in [6.45, 7) is 8.94. The van der Waals surface area contributed by atoms with Gasteiger partial charge in [0.1, 0.15) is 0 Å². The molecule has 0 radical (unpaired) electrons. The predicted molar refractivity (Wildman–Crippen MR) is 87.4 cm³/mol. The average molecular weight is 374 g/mol. The molecule has 0 bridgehead atoms. The van der Waals surface area contributed by atoms with Crippen molar-refractivity contribution in [2.45, 2.75) is 26.7 Å². The normalized spacial score (nSPS) is 17.2. The van der Waals surface area contributed by atoms with Crippen molar-refractivity contribution < 1.29 is 0 Å². The van der Waals surface area contributed by atoms with Crippen LogP contribution in [0.25, 0.3) is 0 Å². The van der Waals surface area contributed by atoms with Gasteiger partial charge in [-0.2, -0.15) is 0 Å². The molecule has 1 aliphatic heterocycles. The number of nitrogens with zero attached hydrogens (tertiary/aromatic N) is 3. The summed E-state index contributed by atoms with van der Waals surface area (Å²) in [6.07, 6.45) is 6.25. The van der Waals surface area contributed by atoms with Crippen molar-refractivity contribution in [3.63, 3.8) is 0 Å². The van der Waals surface area contributed by atoms with Gasteiger partial charge in [0, 0.05) is 29.1 Å². The molecule has 0 aliphatic carbocycles. The first-order chi connectivity index (χ1) is 9.15. The molecular weight excluding hydrogens is 351 g/mol. The van der Waals surface area contributed by atoms with Crippen molar-refractivity contribution in [1.29, 1.82) is 0 Å². The van der Waals surface area contributed by atoms with Crippen molar-refractivity contribution in [3.05, 3.63) is 16.0 Å². The molecule has 106 valence electrons. The molecule has 1 aliphatic rings. The summed E-state index contributed by atoms with van der Waals surface area (Å²) in [5.41, 5.74) is 0. The fourth-order valence-electron chi connectivity index (χ4n) is 2.38. The Balaban J connectivity index is 1.74. The lowest BCUT2D eigenvalue weighted by Gasteiger charge is -2.32. The van der Waals surface area contributed by atoms with Gasteiger partial charge < -0.3 is 10.2 Å². The third-order valence-corrected chi connectivity index (χ3v) is 4.05. The summed E-state index contributed by atoms with van der Waals surface area (Å²) >= 11 is 2.24. The number of anilines is 1. The Hall–Kier alpha value is -0.430. The Morgan fingerprint density at radius 2 is 1.95 bits per heavy atom. The van der Waals surface area contributed by atoms with Gasteiger partial charge in [-0.3, -0.25) is 0 Å². The Labute approximate surface area is 129 Å². The van der Waals surface area contributed by atoms with Crippen molar-refractivity contribution in [2.24, 2.45) is 11.8 Å². The number of piperidine rings is 1. The van der Waals surface area contributed by atoms with Crippen LogP contribution in [0.4, 0.5) is 5.95 Å². The second-order valence-corrected chi connectivity index (χ2v) is 6.93. The Bertz CT molecular complexity index is 372. The molecular formula is C14H23IN4. The van der Waals surface area contributed by atoms with Gasteiger partial charge in [0.15, 0.2) is 0 Å². The van der Waals surface area contributed by atoms with Gasteiger partial charge in [0.05, 0.1) is 0 Å². The van der Waals surface area contributed by atoms with Crippen LogP contribution < -0.4 is 10.2 Å². The molecule has 1 fully saturated rings. The summed E-state index contributed by atoms with van der Waals surface area (Å²) < 4.78 is 1.09. The lowest BCUT2D eigenvalue weighted by molar-refractivity contribution is 0.372. The van der Waals surface area contributed by atoms with E-state index in [2.05, 4.69) is 56.6 Å². The SMILES string of the molecule is CC(C)CNCC1CCN(c2ncc(I)cn2)CC1. The molecule has 19 heavy (non-hydrogen) atoms. The zero-order valence-electron chi connectivity index (χ0n) is 11.8. The molecule has 0 amide bonds. The summed E-state index contributed by atoms with van der Waals surface area (Å²) in [5, 5.41) is 3.57. The molecule has 1 aromatic rings. The summed E-state index contributed by atoms with van der Waals surface area (Å²) in [5.74, 6) is 2.42. The second kappa shape index (κ2) is 7.38. The molecule has 1 aromatic heterocycles. The van der Waals surface area contributed by atoms with E-state index in [4.69, 9.17) is 0 Å². The first-order valence-corrected chi connectivity index (χ1v) is 8.16. The van der Waals surface area contributed by atoms with E-state index >= 15 is 0 Å². The van der Waals surface area contributed by atoms with Gasteiger partial charge in [-0.15, -0.1) is 0 Å². The number of aromatic nitrogens is 2. The number of hydrogen-bond donors (Lipinski definition) is 1. The Morgan fingerprint density at radius 3 is 2.53 bits per heavy atom. The van der Waals surface area contributed by atoms with Crippen LogP contribution in [0.3, 0.4) is 0 Å². The van der Waals surface area contributed by atoms with Gasteiger partial charge in [-0.25, -0.2) is 9.97 Å². The van der Waals surface area contributed by atoms with Crippen molar-refractivity contribution in [2.75, 3.05) is 31.1 Å². The number of hydrogen-bond acceptors (Lipinski definition) is 4.